The summed E-state index contributed by atoms with van der Waals surface area (Å²) in [5.41, 5.74) is 0. The van der Waals surface area contributed by atoms with Gasteiger partial charge in [-0.3, -0.25) is 37.3 Å². The highest BCUT2D eigenvalue weighted by atomic mass is 31.2. The van der Waals surface area contributed by atoms with E-state index >= 15 is 0 Å². The molecule has 0 aromatic carbocycles. The fraction of sp³-hybridized carbons (Fsp3) is 0.900. The van der Waals surface area contributed by atoms with E-state index in [1.54, 1.807) is 0 Å². The third-order valence-corrected chi connectivity index (χ3v) is 20.6. The highest BCUT2D eigenvalue weighted by Crippen LogP contribution is 2.45. The maximum absolute atomic E-state index is 13.1. The minimum Gasteiger partial charge on any atom is -0.462 e. The molecule has 0 aliphatic carbocycles. The summed E-state index contributed by atoms with van der Waals surface area (Å²) in [4.78, 5) is 72.9. The van der Waals surface area contributed by atoms with E-state index in [-0.39, 0.29) is 25.7 Å². The number of rotatable bonds is 76. The van der Waals surface area contributed by atoms with Crippen molar-refractivity contribution in [3.8, 4) is 0 Å². The van der Waals surface area contributed by atoms with Gasteiger partial charge >= 0.3 is 39.5 Å². The van der Waals surface area contributed by atoms with E-state index in [9.17, 15) is 43.2 Å². The topological polar surface area (TPSA) is 237 Å². The van der Waals surface area contributed by atoms with Gasteiger partial charge in [-0.15, -0.1) is 0 Å². The normalized spacial score (nSPS) is 14.7. The summed E-state index contributed by atoms with van der Waals surface area (Å²) >= 11 is 0. The van der Waals surface area contributed by atoms with Crippen LogP contribution in [0.4, 0.5) is 0 Å². The average molecular weight is 1450 g/mol. The van der Waals surface area contributed by atoms with Crippen LogP contribution >= 0.6 is 15.6 Å². The quantitative estimate of drug-likeness (QED) is 0.0169. The van der Waals surface area contributed by atoms with Gasteiger partial charge in [0.05, 0.1) is 26.4 Å². The van der Waals surface area contributed by atoms with Crippen LogP contribution in [0.5, 0.6) is 0 Å². The Morgan fingerprint density at radius 2 is 0.596 bits per heavy atom. The molecule has 0 bridgehead atoms. The van der Waals surface area contributed by atoms with Crippen molar-refractivity contribution < 1.29 is 80.2 Å². The summed E-state index contributed by atoms with van der Waals surface area (Å²) in [6.07, 6.45) is 60.6. The van der Waals surface area contributed by atoms with Crippen molar-refractivity contribution >= 4 is 39.5 Å². The van der Waals surface area contributed by atoms with E-state index in [0.717, 1.165) is 133 Å². The van der Waals surface area contributed by atoms with Crippen LogP contribution in [0.1, 0.15) is 389 Å². The van der Waals surface area contributed by atoms with E-state index in [0.29, 0.717) is 25.7 Å². The Balaban J connectivity index is 5.21. The summed E-state index contributed by atoms with van der Waals surface area (Å²) in [6, 6.07) is 0. The Labute approximate surface area is 605 Å². The highest BCUT2D eigenvalue weighted by molar-refractivity contribution is 7.47. The number of allylic oxidation sites excluding steroid dienone is 4. The lowest BCUT2D eigenvalue weighted by Crippen LogP contribution is -2.30. The number of ether oxygens (including phenoxy) is 4. The van der Waals surface area contributed by atoms with Crippen LogP contribution in [-0.4, -0.2) is 96.7 Å². The van der Waals surface area contributed by atoms with Gasteiger partial charge in [-0.05, 0) is 69.1 Å². The Morgan fingerprint density at radius 1 is 0.333 bits per heavy atom. The molecule has 0 aliphatic rings. The molecule has 0 fully saturated rings. The second-order valence-electron chi connectivity index (χ2n) is 29.1. The Kier molecular flexibility index (Phi) is 68.1. The summed E-state index contributed by atoms with van der Waals surface area (Å²) in [6.45, 7) is 11.9. The van der Waals surface area contributed by atoms with Crippen molar-refractivity contribution in [3.63, 3.8) is 0 Å². The first-order valence-electron chi connectivity index (χ1n) is 40.7. The number of unbranched alkanes of at least 4 members (excludes halogenated alkanes) is 39. The zero-order valence-electron chi connectivity index (χ0n) is 64.4. The van der Waals surface area contributed by atoms with Crippen molar-refractivity contribution in [2.75, 3.05) is 39.6 Å². The number of carbonyl (C=O) groups is 4. The number of phosphoric ester groups is 2. The predicted molar refractivity (Wildman–Crippen MR) is 404 cm³/mol. The monoisotopic (exact) mass is 1450 g/mol. The molecule has 0 rings (SSSR count). The summed E-state index contributed by atoms with van der Waals surface area (Å²) < 4.78 is 68.6. The first kappa shape index (κ1) is 96.5. The molecular formula is C80H152O17P2. The third-order valence-electron chi connectivity index (χ3n) is 18.7. The van der Waals surface area contributed by atoms with Crippen LogP contribution < -0.4 is 0 Å². The molecule has 584 valence electrons. The van der Waals surface area contributed by atoms with Gasteiger partial charge in [0, 0.05) is 25.7 Å². The van der Waals surface area contributed by atoms with Crippen molar-refractivity contribution in [2.45, 2.75) is 407 Å². The number of aliphatic hydroxyl groups is 1. The molecule has 0 spiro atoms. The lowest BCUT2D eigenvalue weighted by Gasteiger charge is -2.21. The summed E-state index contributed by atoms with van der Waals surface area (Å²) in [5.74, 6) is 0.186. The second-order valence-corrected chi connectivity index (χ2v) is 32.0. The van der Waals surface area contributed by atoms with Gasteiger partial charge in [0.25, 0.3) is 0 Å². The molecule has 0 saturated carbocycles. The molecule has 0 amide bonds. The largest absolute Gasteiger partial charge is 0.472 e. The van der Waals surface area contributed by atoms with Gasteiger partial charge in [-0.25, -0.2) is 9.13 Å². The van der Waals surface area contributed by atoms with Crippen LogP contribution in [0.3, 0.4) is 0 Å². The number of hydrogen-bond donors (Lipinski definition) is 3. The maximum Gasteiger partial charge on any atom is 0.472 e. The number of hydrogen-bond acceptors (Lipinski definition) is 15. The van der Waals surface area contributed by atoms with Crippen LogP contribution in [0.25, 0.3) is 0 Å². The van der Waals surface area contributed by atoms with E-state index in [1.807, 2.05) is 0 Å². The number of aliphatic hydroxyl groups excluding tert-OH is 1. The first-order chi connectivity index (χ1) is 47.8. The molecule has 17 nitrogen and oxygen atoms in total. The van der Waals surface area contributed by atoms with Gasteiger partial charge in [0.15, 0.2) is 12.2 Å². The third kappa shape index (κ3) is 71.0. The zero-order valence-corrected chi connectivity index (χ0v) is 66.2. The molecule has 0 aliphatic heterocycles. The summed E-state index contributed by atoms with van der Waals surface area (Å²) in [7, 11) is -9.93. The predicted octanol–water partition coefficient (Wildman–Crippen LogP) is 23.3. The molecule has 0 aromatic rings. The van der Waals surface area contributed by atoms with Crippen LogP contribution in [-0.2, 0) is 65.4 Å². The minimum absolute atomic E-state index is 0.0982. The molecule has 4 unspecified atom stereocenters. The minimum atomic E-state index is -4.97. The maximum atomic E-state index is 13.1. The van der Waals surface area contributed by atoms with Gasteiger partial charge in [0.2, 0.25) is 0 Å². The van der Waals surface area contributed by atoms with E-state index in [2.05, 4.69) is 72.8 Å². The van der Waals surface area contributed by atoms with Crippen LogP contribution in [0.15, 0.2) is 24.3 Å². The van der Waals surface area contributed by atoms with Gasteiger partial charge in [0.1, 0.15) is 19.3 Å². The average Bonchev–Trinajstić information content (AvgIpc) is 1.71. The highest BCUT2D eigenvalue weighted by Gasteiger charge is 2.30. The van der Waals surface area contributed by atoms with Crippen molar-refractivity contribution in [1.82, 2.24) is 0 Å². The number of carbonyl (C=O) groups excluding carboxylic acids is 4. The first-order valence-corrected chi connectivity index (χ1v) is 43.7. The van der Waals surface area contributed by atoms with Gasteiger partial charge in [-0.2, -0.15) is 0 Å². The van der Waals surface area contributed by atoms with E-state index in [4.69, 9.17) is 37.0 Å². The Hall–Kier alpha value is -2.46. The smallest absolute Gasteiger partial charge is 0.462 e. The van der Waals surface area contributed by atoms with Crippen molar-refractivity contribution in [3.05, 3.63) is 24.3 Å². The lowest BCUT2D eigenvalue weighted by molar-refractivity contribution is -0.161. The molecule has 99 heavy (non-hydrogen) atoms. The molecule has 0 saturated heterocycles. The second kappa shape index (κ2) is 69.9. The van der Waals surface area contributed by atoms with Crippen LogP contribution in [0.2, 0.25) is 0 Å². The van der Waals surface area contributed by atoms with Crippen LogP contribution in [0, 0.1) is 17.8 Å². The molecule has 3 N–H and O–H groups in total. The number of phosphoric acid groups is 2. The zero-order chi connectivity index (χ0) is 73.0. The van der Waals surface area contributed by atoms with Gasteiger partial charge < -0.3 is 33.8 Å². The molecule has 19 heteroatoms. The van der Waals surface area contributed by atoms with Crippen molar-refractivity contribution in [2.24, 2.45) is 17.8 Å². The van der Waals surface area contributed by atoms with E-state index < -0.39 is 97.5 Å². The Morgan fingerprint density at radius 3 is 0.899 bits per heavy atom. The number of esters is 4. The van der Waals surface area contributed by atoms with E-state index in [1.165, 1.54) is 173 Å². The molecule has 0 heterocycles. The molecule has 0 radical (unpaired) electrons. The summed E-state index contributed by atoms with van der Waals surface area (Å²) in [5, 5.41) is 10.6. The fourth-order valence-electron chi connectivity index (χ4n) is 11.7. The molecule has 0 aromatic heterocycles. The van der Waals surface area contributed by atoms with Crippen molar-refractivity contribution in [1.29, 1.82) is 0 Å². The lowest BCUT2D eigenvalue weighted by atomic mass is 9.99. The fourth-order valence-corrected chi connectivity index (χ4v) is 13.3. The molecule has 7 atom stereocenters. The van der Waals surface area contributed by atoms with Gasteiger partial charge in [-0.1, -0.05) is 336 Å². The SMILES string of the molecule is CCCCCC/C=C\C=C/CCCCCCCC(=O)OC[C@H](COP(=O)(O)OC[C@@H](O)COP(=O)(O)OC[C@@H](COC(=O)CCCCCCCCC(C)CC)OC(=O)CCCCCCCCCCCCCCCCCCCCC(C)CC)OC(=O)CCCCCCCCCCCC(C)C. The standard InChI is InChI=1S/C80H152O17P2/c1-8-11-12-13-14-15-16-17-22-26-29-34-39-47-54-61-77(82)90-67-75(96-80(85)64-57-50-41-36-31-32-37-44-51-58-71(4)5)69-94-98(86,87)92-65-74(81)66-93-99(88,89)95-70-76(68-91-78(83)62-55-48-43-42-46-53-60-73(7)10-3)97-79(84)63-56-49-40-35-30-27-24-21-19-18-20-23-25-28-33-38-45-52-59-72(6)9-2/h15-17,22,71-76,81H,8-14,18-21,23-70H2,1-7H3,(H,86,87)(H,88,89)/b16-15-,22-17-/t72?,73?,74-,75-,76-/m1/s1. The Bertz CT molecular complexity index is 2020. The molecular weight excluding hydrogens is 1290 g/mol.